The summed E-state index contributed by atoms with van der Waals surface area (Å²) in [7, 11) is -3.70. The number of carbonyl (C=O) groups is 1. The SMILES string of the molecule is CCC(OC(=O)c1ccccc1)S(=O)(=O)c1ccccc1. The summed E-state index contributed by atoms with van der Waals surface area (Å²) in [6.07, 6.45) is 0.190. The second kappa shape index (κ2) is 6.54. The van der Waals surface area contributed by atoms with Crippen molar-refractivity contribution in [2.24, 2.45) is 0 Å². The number of ether oxygens (including phenoxy) is 1. The molecule has 0 radical (unpaired) electrons. The maximum Gasteiger partial charge on any atom is 0.339 e. The maximum absolute atomic E-state index is 12.5. The Morgan fingerprint density at radius 3 is 2.05 bits per heavy atom. The zero-order valence-corrected chi connectivity index (χ0v) is 12.4. The Hall–Kier alpha value is -2.14. The van der Waals surface area contributed by atoms with E-state index in [1.807, 2.05) is 0 Å². The topological polar surface area (TPSA) is 60.4 Å². The van der Waals surface area contributed by atoms with E-state index in [-0.39, 0.29) is 11.3 Å². The van der Waals surface area contributed by atoms with Crippen LogP contribution in [-0.2, 0) is 14.6 Å². The predicted octanol–water partition coefficient (Wildman–Crippen LogP) is 3.05. The molecule has 0 aliphatic carbocycles. The first-order valence-electron chi connectivity index (χ1n) is 6.60. The molecule has 2 aromatic carbocycles. The van der Waals surface area contributed by atoms with Gasteiger partial charge < -0.3 is 4.74 Å². The molecule has 0 saturated heterocycles. The molecule has 0 heterocycles. The quantitative estimate of drug-likeness (QED) is 0.797. The van der Waals surface area contributed by atoms with E-state index in [1.54, 1.807) is 55.5 Å². The Morgan fingerprint density at radius 2 is 1.52 bits per heavy atom. The summed E-state index contributed by atoms with van der Waals surface area (Å²) in [5.74, 6) is -0.637. The normalized spacial score (nSPS) is 12.6. The van der Waals surface area contributed by atoms with E-state index in [1.165, 1.54) is 12.1 Å². The van der Waals surface area contributed by atoms with Crippen LogP contribution in [0.4, 0.5) is 0 Å². The van der Waals surface area contributed by atoms with Gasteiger partial charge in [0.1, 0.15) is 0 Å². The summed E-state index contributed by atoms with van der Waals surface area (Å²) in [5, 5.41) is 0. The Balaban J connectivity index is 2.23. The Morgan fingerprint density at radius 1 is 1.00 bits per heavy atom. The summed E-state index contributed by atoms with van der Waals surface area (Å²) >= 11 is 0. The average Bonchev–Trinajstić information content (AvgIpc) is 2.53. The number of rotatable bonds is 5. The van der Waals surface area contributed by atoms with E-state index in [4.69, 9.17) is 4.74 Å². The van der Waals surface area contributed by atoms with Gasteiger partial charge in [0.15, 0.2) is 0 Å². The first kappa shape index (κ1) is 15.3. The molecule has 0 saturated carbocycles. The minimum atomic E-state index is -3.70. The van der Waals surface area contributed by atoms with Crippen LogP contribution in [0, 0.1) is 0 Å². The molecule has 0 aromatic heterocycles. The third kappa shape index (κ3) is 3.49. The summed E-state index contributed by atoms with van der Waals surface area (Å²) in [5.41, 5.74) is -0.855. The van der Waals surface area contributed by atoms with E-state index in [2.05, 4.69) is 0 Å². The van der Waals surface area contributed by atoms with Crippen molar-refractivity contribution >= 4 is 15.8 Å². The van der Waals surface area contributed by atoms with Crippen LogP contribution in [0.5, 0.6) is 0 Å². The van der Waals surface area contributed by atoms with Crippen LogP contribution in [0.15, 0.2) is 65.6 Å². The van der Waals surface area contributed by atoms with Gasteiger partial charge in [-0.2, -0.15) is 0 Å². The summed E-state index contributed by atoms with van der Waals surface area (Å²) in [4.78, 5) is 12.2. The fourth-order valence-corrected chi connectivity index (χ4v) is 3.38. The van der Waals surface area contributed by atoms with Crippen molar-refractivity contribution in [1.82, 2.24) is 0 Å². The molecule has 2 rings (SSSR count). The van der Waals surface area contributed by atoms with Crippen LogP contribution >= 0.6 is 0 Å². The predicted molar refractivity (Wildman–Crippen MR) is 79.6 cm³/mol. The van der Waals surface area contributed by atoms with E-state index in [9.17, 15) is 13.2 Å². The van der Waals surface area contributed by atoms with Crippen LogP contribution in [-0.4, -0.2) is 19.8 Å². The van der Waals surface area contributed by atoms with Gasteiger partial charge in [0, 0.05) is 0 Å². The van der Waals surface area contributed by atoms with Crippen LogP contribution < -0.4 is 0 Å². The monoisotopic (exact) mass is 304 g/mol. The highest BCUT2D eigenvalue weighted by Crippen LogP contribution is 2.20. The zero-order chi connectivity index (χ0) is 15.3. The molecule has 0 fully saturated rings. The van der Waals surface area contributed by atoms with Gasteiger partial charge in [0.05, 0.1) is 10.5 Å². The molecule has 0 N–H and O–H groups in total. The van der Waals surface area contributed by atoms with Crippen LogP contribution in [0.25, 0.3) is 0 Å². The molecule has 0 amide bonds. The van der Waals surface area contributed by atoms with E-state index < -0.39 is 21.2 Å². The van der Waals surface area contributed by atoms with Crippen molar-refractivity contribution < 1.29 is 17.9 Å². The number of carbonyl (C=O) groups excluding carboxylic acids is 1. The average molecular weight is 304 g/mol. The number of sulfone groups is 1. The molecular weight excluding hydrogens is 288 g/mol. The van der Waals surface area contributed by atoms with Gasteiger partial charge in [-0.25, -0.2) is 13.2 Å². The van der Waals surface area contributed by atoms with E-state index in [0.29, 0.717) is 5.56 Å². The highest BCUT2D eigenvalue weighted by Gasteiger charge is 2.29. The Labute approximate surface area is 124 Å². The third-order valence-corrected chi connectivity index (χ3v) is 5.05. The lowest BCUT2D eigenvalue weighted by molar-refractivity contribution is 0.0438. The Bertz CT molecular complexity index is 694. The molecule has 4 nitrogen and oxygen atoms in total. The van der Waals surface area contributed by atoms with Crippen LogP contribution in [0.3, 0.4) is 0 Å². The highest BCUT2D eigenvalue weighted by atomic mass is 32.2. The first-order chi connectivity index (χ1) is 10.1. The maximum atomic E-state index is 12.5. The zero-order valence-electron chi connectivity index (χ0n) is 11.6. The van der Waals surface area contributed by atoms with Crippen molar-refractivity contribution in [1.29, 1.82) is 0 Å². The molecule has 1 unspecified atom stereocenters. The minimum Gasteiger partial charge on any atom is -0.442 e. The molecule has 110 valence electrons. The van der Waals surface area contributed by atoms with E-state index >= 15 is 0 Å². The fraction of sp³-hybridized carbons (Fsp3) is 0.188. The van der Waals surface area contributed by atoms with Gasteiger partial charge in [-0.15, -0.1) is 0 Å². The lowest BCUT2D eigenvalue weighted by Gasteiger charge is -2.17. The van der Waals surface area contributed by atoms with Crippen molar-refractivity contribution in [3.63, 3.8) is 0 Å². The standard InChI is InChI=1S/C16H16O4S/c1-2-15(20-16(17)13-9-5-3-6-10-13)21(18,19)14-11-7-4-8-12-14/h3-12,15H,2H2,1H3. The van der Waals surface area contributed by atoms with Crippen LogP contribution in [0.2, 0.25) is 0 Å². The van der Waals surface area contributed by atoms with Crippen molar-refractivity contribution in [3.05, 3.63) is 66.2 Å². The highest BCUT2D eigenvalue weighted by molar-refractivity contribution is 7.92. The molecule has 1 atom stereocenters. The molecule has 0 bridgehead atoms. The number of hydrogen-bond donors (Lipinski definition) is 0. The largest absolute Gasteiger partial charge is 0.442 e. The molecule has 21 heavy (non-hydrogen) atoms. The van der Waals surface area contributed by atoms with Crippen molar-refractivity contribution in [2.75, 3.05) is 0 Å². The smallest absolute Gasteiger partial charge is 0.339 e. The first-order valence-corrected chi connectivity index (χ1v) is 8.15. The molecule has 2 aromatic rings. The molecule has 0 spiro atoms. The summed E-state index contributed by atoms with van der Waals surface area (Å²) < 4.78 is 30.1. The lowest BCUT2D eigenvalue weighted by Crippen LogP contribution is -2.27. The van der Waals surface area contributed by atoms with Gasteiger partial charge in [0.2, 0.25) is 15.3 Å². The number of hydrogen-bond acceptors (Lipinski definition) is 4. The lowest BCUT2D eigenvalue weighted by atomic mass is 10.2. The second-order valence-electron chi connectivity index (χ2n) is 4.47. The van der Waals surface area contributed by atoms with Gasteiger partial charge >= 0.3 is 5.97 Å². The van der Waals surface area contributed by atoms with Crippen LogP contribution in [0.1, 0.15) is 23.7 Å². The molecule has 5 heteroatoms. The molecule has 0 aliphatic heterocycles. The minimum absolute atomic E-state index is 0.151. The number of esters is 1. The fourth-order valence-electron chi connectivity index (χ4n) is 1.89. The Kier molecular flexibility index (Phi) is 4.75. The summed E-state index contributed by atoms with van der Waals surface area (Å²) in [6, 6.07) is 16.3. The van der Waals surface area contributed by atoms with Gasteiger partial charge in [-0.3, -0.25) is 0 Å². The molecular formula is C16H16O4S. The van der Waals surface area contributed by atoms with Gasteiger partial charge in [0.25, 0.3) is 0 Å². The van der Waals surface area contributed by atoms with E-state index in [0.717, 1.165) is 0 Å². The van der Waals surface area contributed by atoms with Crippen molar-refractivity contribution in [3.8, 4) is 0 Å². The van der Waals surface area contributed by atoms with Gasteiger partial charge in [-0.05, 0) is 30.7 Å². The van der Waals surface area contributed by atoms with Gasteiger partial charge in [-0.1, -0.05) is 43.3 Å². The molecule has 0 aliphatic rings. The summed E-state index contributed by atoms with van der Waals surface area (Å²) in [6.45, 7) is 1.67. The number of benzene rings is 2. The second-order valence-corrected chi connectivity index (χ2v) is 6.55. The van der Waals surface area contributed by atoms with Crippen molar-refractivity contribution in [2.45, 2.75) is 23.7 Å². The third-order valence-electron chi connectivity index (χ3n) is 3.00.